The topological polar surface area (TPSA) is 89.7 Å². The Bertz CT molecular complexity index is 1330. The number of hydrogen-bond donors (Lipinski definition) is 2. The van der Waals surface area contributed by atoms with Crippen molar-refractivity contribution in [3.8, 4) is 11.5 Å². The van der Waals surface area contributed by atoms with Crippen LogP contribution in [-0.4, -0.2) is 65.7 Å². The molecule has 8 heteroatoms. The second kappa shape index (κ2) is 26.7. The second-order valence-electron chi connectivity index (χ2n) is 16.2. The van der Waals surface area contributed by atoms with Gasteiger partial charge in [-0.2, -0.15) is 11.8 Å². The van der Waals surface area contributed by atoms with E-state index in [1.807, 2.05) is 30.8 Å². The predicted molar refractivity (Wildman–Crippen MR) is 235 cm³/mol. The molecule has 0 aromatic heterocycles. The van der Waals surface area contributed by atoms with Gasteiger partial charge < -0.3 is 29.3 Å². The van der Waals surface area contributed by atoms with Crippen molar-refractivity contribution in [2.45, 2.75) is 166 Å². The molecule has 0 saturated heterocycles. The monoisotopic (exact) mass is 796 g/mol. The number of unbranched alkanes of at least 4 members (excludes halogenated alkanes) is 15. The number of benzene rings is 1. The first kappa shape index (κ1) is 46.4. The molecule has 6 atom stereocenters. The quantitative estimate of drug-likeness (QED) is 0.0426. The van der Waals surface area contributed by atoms with Crippen molar-refractivity contribution < 1.29 is 29.3 Å². The highest BCUT2D eigenvalue weighted by molar-refractivity contribution is 8.00. The zero-order valence-electron chi connectivity index (χ0n) is 35.2. The molecule has 1 heterocycles. The number of allylic oxidation sites excluding steroid dienone is 1. The average Bonchev–Trinajstić information content (AvgIpc) is 3.21. The summed E-state index contributed by atoms with van der Waals surface area (Å²) in [6.07, 6.45) is 31.1. The Labute approximate surface area is 345 Å². The average molecular weight is 796 g/mol. The molecule has 1 aromatic carbocycles. The van der Waals surface area contributed by atoms with E-state index in [9.17, 15) is 10.2 Å². The standard InChI is InChI=1S/C48H77NO6S/c1-5-9-10-11-12-13-14-15-16-17-18-19-20-25-34-56-45-37-43(49-54-8-4)41-35-38(26-21-23-30-50)40(27-22-24-31-51)46-42-36-39(52-32-6-2)28-29-44(42)55-48(45,47(41)46)53-33-7-3/h6-7,28-29,35-36,38,40,45-47,50-51H,2-3,5,8-27,30-34,37H2,1,4H3/t38-,40+,45-,46+,47+,48+/m0/s1. The van der Waals surface area contributed by atoms with Gasteiger partial charge in [-0.25, -0.2) is 0 Å². The third-order valence-corrected chi connectivity index (χ3v) is 13.5. The molecular weight excluding hydrogens is 719 g/mol. The van der Waals surface area contributed by atoms with E-state index in [1.165, 1.54) is 95.5 Å². The summed E-state index contributed by atoms with van der Waals surface area (Å²) in [6, 6.07) is 6.26. The van der Waals surface area contributed by atoms with Gasteiger partial charge in [0, 0.05) is 31.1 Å². The summed E-state index contributed by atoms with van der Waals surface area (Å²) in [7, 11) is 0. The first-order valence-electron chi connectivity index (χ1n) is 22.6. The number of aliphatic hydroxyl groups is 2. The lowest BCUT2D eigenvalue weighted by Gasteiger charge is -2.58. The Morgan fingerprint density at radius 3 is 2.09 bits per heavy atom. The number of oxime groups is 1. The van der Waals surface area contributed by atoms with Crippen molar-refractivity contribution in [1.82, 2.24) is 0 Å². The van der Waals surface area contributed by atoms with Crippen molar-refractivity contribution in [3.05, 3.63) is 60.7 Å². The Morgan fingerprint density at radius 2 is 1.46 bits per heavy atom. The van der Waals surface area contributed by atoms with Crippen LogP contribution in [-0.2, 0) is 9.57 Å². The number of ether oxygens (including phenoxy) is 3. The smallest absolute Gasteiger partial charge is 0.230 e. The van der Waals surface area contributed by atoms with E-state index >= 15 is 0 Å². The molecular formula is C48H77NO6S. The van der Waals surface area contributed by atoms with Crippen molar-refractivity contribution in [1.29, 1.82) is 0 Å². The molecule has 56 heavy (non-hydrogen) atoms. The minimum atomic E-state index is -0.918. The van der Waals surface area contributed by atoms with Gasteiger partial charge in [0.15, 0.2) is 0 Å². The zero-order valence-corrected chi connectivity index (χ0v) is 36.1. The number of thioether (sulfide) groups is 1. The van der Waals surface area contributed by atoms with Crippen LogP contribution in [0.15, 0.2) is 60.3 Å². The fourth-order valence-corrected chi connectivity index (χ4v) is 10.8. The molecule has 4 rings (SSSR count). The van der Waals surface area contributed by atoms with Crippen LogP contribution in [0.2, 0.25) is 0 Å². The first-order chi connectivity index (χ1) is 27.6. The number of fused-ring (bicyclic) bond motifs is 2. The molecule has 2 aliphatic carbocycles. The van der Waals surface area contributed by atoms with E-state index < -0.39 is 5.79 Å². The molecule has 1 aliphatic heterocycles. The van der Waals surface area contributed by atoms with Crippen molar-refractivity contribution >= 4 is 17.5 Å². The normalized spacial score (nSPS) is 24.5. The van der Waals surface area contributed by atoms with Crippen LogP contribution < -0.4 is 9.47 Å². The molecule has 3 aliphatic rings. The minimum Gasteiger partial charge on any atom is -0.490 e. The molecule has 2 N–H and O–H groups in total. The highest BCUT2D eigenvalue weighted by Crippen LogP contribution is 2.62. The zero-order chi connectivity index (χ0) is 39.9. The van der Waals surface area contributed by atoms with Crippen LogP contribution in [0.4, 0.5) is 0 Å². The first-order valence-corrected chi connectivity index (χ1v) is 23.7. The summed E-state index contributed by atoms with van der Waals surface area (Å²) in [6.45, 7) is 13.9. The van der Waals surface area contributed by atoms with Gasteiger partial charge in [0.2, 0.25) is 5.79 Å². The second-order valence-corrected chi connectivity index (χ2v) is 17.5. The highest BCUT2D eigenvalue weighted by Gasteiger charge is 2.63. The number of nitrogens with zero attached hydrogens (tertiary/aromatic N) is 1. The third-order valence-electron chi connectivity index (χ3n) is 12.1. The minimum absolute atomic E-state index is 0.00199. The Hall–Kier alpha value is -2.26. The molecule has 0 bridgehead atoms. The molecule has 0 unspecified atom stereocenters. The van der Waals surface area contributed by atoms with E-state index in [-0.39, 0.29) is 42.1 Å². The highest BCUT2D eigenvalue weighted by atomic mass is 32.2. The lowest BCUT2D eigenvalue weighted by Crippen LogP contribution is -2.64. The summed E-state index contributed by atoms with van der Waals surface area (Å²) in [5.41, 5.74) is 3.33. The van der Waals surface area contributed by atoms with Gasteiger partial charge in [-0.1, -0.05) is 133 Å². The summed E-state index contributed by atoms with van der Waals surface area (Å²) in [4.78, 5) is 5.86. The predicted octanol–water partition coefficient (Wildman–Crippen LogP) is 12.1. The maximum atomic E-state index is 9.85. The van der Waals surface area contributed by atoms with Crippen LogP contribution in [0.25, 0.3) is 0 Å². The van der Waals surface area contributed by atoms with E-state index in [2.05, 4.69) is 38.3 Å². The van der Waals surface area contributed by atoms with Gasteiger partial charge in [-0.05, 0) is 80.4 Å². The maximum absolute atomic E-state index is 9.85. The number of aliphatic hydroxyl groups excluding tert-OH is 2. The van der Waals surface area contributed by atoms with Crippen LogP contribution >= 0.6 is 11.8 Å². The van der Waals surface area contributed by atoms with Crippen molar-refractivity contribution in [3.63, 3.8) is 0 Å². The van der Waals surface area contributed by atoms with E-state index in [0.717, 1.165) is 67.1 Å². The number of rotatable bonds is 32. The van der Waals surface area contributed by atoms with Crippen molar-refractivity contribution in [2.24, 2.45) is 22.9 Å². The van der Waals surface area contributed by atoms with Crippen LogP contribution in [0.1, 0.15) is 160 Å². The fourth-order valence-electron chi connectivity index (χ4n) is 9.39. The molecule has 0 radical (unpaired) electrons. The lowest BCUT2D eigenvalue weighted by molar-refractivity contribution is -0.223. The van der Waals surface area contributed by atoms with Gasteiger partial charge in [0.05, 0.1) is 23.5 Å². The molecule has 1 aromatic rings. The Morgan fingerprint density at radius 1 is 0.821 bits per heavy atom. The number of hydrogen-bond acceptors (Lipinski definition) is 8. The van der Waals surface area contributed by atoms with E-state index in [0.29, 0.717) is 26.2 Å². The van der Waals surface area contributed by atoms with Crippen LogP contribution in [0.5, 0.6) is 11.5 Å². The fraction of sp³-hybridized carbons (Fsp3) is 0.729. The van der Waals surface area contributed by atoms with Crippen LogP contribution in [0.3, 0.4) is 0 Å². The molecule has 0 amide bonds. The summed E-state index contributed by atoms with van der Waals surface area (Å²) >= 11 is 1.98. The van der Waals surface area contributed by atoms with Gasteiger partial charge in [0.25, 0.3) is 0 Å². The molecule has 316 valence electrons. The van der Waals surface area contributed by atoms with Crippen molar-refractivity contribution in [2.75, 3.05) is 38.8 Å². The largest absolute Gasteiger partial charge is 0.490 e. The summed E-state index contributed by atoms with van der Waals surface area (Å²) in [5, 5.41) is 24.4. The van der Waals surface area contributed by atoms with Crippen LogP contribution in [0, 0.1) is 17.8 Å². The Balaban J connectivity index is 1.57. The van der Waals surface area contributed by atoms with Gasteiger partial charge in [-0.3, -0.25) is 0 Å². The maximum Gasteiger partial charge on any atom is 0.230 e. The molecule has 1 fully saturated rings. The van der Waals surface area contributed by atoms with E-state index in [1.54, 1.807) is 6.08 Å². The van der Waals surface area contributed by atoms with Gasteiger partial charge in [-0.15, -0.1) is 6.58 Å². The summed E-state index contributed by atoms with van der Waals surface area (Å²) in [5.74, 6) is 2.29. The third kappa shape index (κ3) is 13.4. The Kier molecular flexibility index (Phi) is 22.1. The lowest BCUT2D eigenvalue weighted by atomic mass is 9.56. The SMILES string of the molecule is C=CCOc1ccc2c(c1)[C@H]1[C@H](CCCCO)[C@@H](CCCCO)C=C3C(=NOCC)C[C@H](SCCCCCCCCCCCCCCCC)[C@@](OCC=C)(O2)[C@H]31. The van der Waals surface area contributed by atoms with Gasteiger partial charge >= 0.3 is 0 Å². The summed E-state index contributed by atoms with van der Waals surface area (Å²) < 4.78 is 20.5. The van der Waals surface area contributed by atoms with E-state index in [4.69, 9.17) is 24.2 Å². The molecule has 0 spiro atoms. The van der Waals surface area contributed by atoms with Gasteiger partial charge in [0.1, 0.15) is 24.7 Å². The molecule has 1 saturated carbocycles. The molecule has 7 nitrogen and oxygen atoms in total.